The fraction of sp³-hybridized carbons (Fsp3) is 0. The Morgan fingerprint density at radius 1 is 1.14 bits per heavy atom. The molecule has 0 saturated carbocycles. The number of nitrogens with zero attached hydrogens (tertiary/aromatic N) is 6. The number of anilines is 1. The number of benzene rings is 1. The van der Waals surface area contributed by atoms with Gasteiger partial charge in [0.25, 0.3) is 5.91 Å². The lowest BCUT2D eigenvalue weighted by Gasteiger charge is -2.02. The van der Waals surface area contributed by atoms with Crippen molar-refractivity contribution in [2.24, 2.45) is 0 Å². The number of nitrogens with one attached hydrogen (secondary N) is 1. The van der Waals surface area contributed by atoms with Crippen LogP contribution < -0.4 is 5.32 Å². The van der Waals surface area contributed by atoms with Gasteiger partial charge in [-0.2, -0.15) is 5.26 Å². The zero-order valence-corrected chi connectivity index (χ0v) is 15.8. The maximum Gasteiger partial charge on any atom is 0.268 e. The first-order valence-corrected chi connectivity index (χ1v) is 9.70. The lowest BCUT2D eigenvalue weighted by molar-refractivity contribution is -0.112. The van der Waals surface area contributed by atoms with Crippen LogP contribution in [0.5, 0.6) is 0 Å². The van der Waals surface area contributed by atoms with E-state index in [4.69, 9.17) is 0 Å². The Labute approximate surface area is 167 Å². The molecule has 3 aromatic heterocycles. The maximum atomic E-state index is 12.3. The Kier molecular flexibility index (Phi) is 5.01. The lowest BCUT2D eigenvalue weighted by Crippen LogP contribution is -2.13. The molecule has 28 heavy (non-hydrogen) atoms. The molecule has 0 unspecified atom stereocenters. The summed E-state index contributed by atoms with van der Waals surface area (Å²) in [6.45, 7) is 0. The van der Waals surface area contributed by atoms with Gasteiger partial charge in [-0.05, 0) is 18.2 Å². The molecule has 0 atom stereocenters. The largest absolute Gasteiger partial charge is 0.296 e. The molecule has 0 aliphatic rings. The van der Waals surface area contributed by atoms with E-state index in [1.807, 2.05) is 42.5 Å². The lowest BCUT2D eigenvalue weighted by atomic mass is 10.2. The minimum Gasteiger partial charge on any atom is -0.296 e. The first-order valence-electron chi connectivity index (χ1n) is 8.00. The van der Waals surface area contributed by atoms with E-state index >= 15 is 0 Å². The molecule has 0 spiro atoms. The number of aromatic nitrogens is 5. The van der Waals surface area contributed by atoms with Crippen molar-refractivity contribution < 1.29 is 4.79 Å². The van der Waals surface area contributed by atoms with E-state index in [1.54, 1.807) is 16.8 Å². The average molecular weight is 405 g/mol. The van der Waals surface area contributed by atoms with Gasteiger partial charge >= 0.3 is 0 Å². The zero-order valence-electron chi connectivity index (χ0n) is 14.2. The summed E-state index contributed by atoms with van der Waals surface area (Å²) in [4.78, 5) is 12.3. The van der Waals surface area contributed by atoms with Crippen LogP contribution in [0.1, 0.15) is 5.69 Å². The van der Waals surface area contributed by atoms with E-state index in [-0.39, 0.29) is 5.57 Å². The highest BCUT2D eigenvalue weighted by Crippen LogP contribution is 2.26. The fourth-order valence-corrected chi connectivity index (χ4v) is 3.68. The van der Waals surface area contributed by atoms with Gasteiger partial charge in [0, 0.05) is 17.5 Å². The molecule has 1 aromatic carbocycles. The first-order chi connectivity index (χ1) is 13.7. The summed E-state index contributed by atoms with van der Waals surface area (Å²) in [5.74, 6) is -0.547. The molecule has 8 nitrogen and oxygen atoms in total. The van der Waals surface area contributed by atoms with Gasteiger partial charge in [-0.1, -0.05) is 53.0 Å². The second-order valence-corrected chi connectivity index (χ2v) is 7.22. The van der Waals surface area contributed by atoms with Gasteiger partial charge in [-0.15, -0.1) is 20.4 Å². The van der Waals surface area contributed by atoms with Gasteiger partial charge in [0.2, 0.25) is 10.3 Å². The predicted molar refractivity (Wildman–Crippen MR) is 107 cm³/mol. The Bertz CT molecular complexity index is 1170. The molecule has 4 rings (SSSR count). The summed E-state index contributed by atoms with van der Waals surface area (Å²) in [7, 11) is 0. The van der Waals surface area contributed by atoms with Gasteiger partial charge in [0.15, 0.2) is 0 Å². The van der Waals surface area contributed by atoms with Crippen LogP contribution in [-0.4, -0.2) is 30.9 Å². The van der Waals surface area contributed by atoms with Crippen molar-refractivity contribution in [1.82, 2.24) is 25.0 Å². The van der Waals surface area contributed by atoms with Crippen LogP contribution in [0, 0.1) is 11.3 Å². The third-order valence-electron chi connectivity index (χ3n) is 3.66. The number of carbonyl (C=O) groups excluding carboxylic acids is 1. The Balaban J connectivity index is 1.62. The Morgan fingerprint density at radius 2 is 2.00 bits per heavy atom. The SMILES string of the molecule is N#C/C(=C/c1cccn1-c1nnc(-c2ccccc2)s1)C(=O)Nc1nncs1. The van der Waals surface area contributed by atoms with Crippen LogP contribution in [0.25, 0.3) is 21.8 Å². The van der Waals surface area contributed by atoms with Crippen molar-refractivity contribution in [3.8, 4) is 21.8 Å². The van der Waals surface area contributed by atoms with Crippen LogP contribution in [0.2, 0.25) is 0 Å². The highest BCUT2D eigenvalue weighted by atomic mass is 32.1. The number of nitriles is 1. The van der Waals surface area contributed by atoms with E-state index in [9.17, 15) is 10.1 Å². The van der Waals surface area contributed by atoms with Crippen molar-refractivity contribution in [1.29, 1.82) is 5.26 Å². The van der Waals surface area contributed by atoms with Crippen LogP contribution >= 0.6 is 22.7 Å². The maximum absolute atomic E-state index is 12.3. The first kappa shape index (κ1) is 17.7. The number of rotatable bonds is 5. The molecule has 10 heteroatoms. The number of hydrogen-bond donors (Lipinski definition) is 1. The van der Waals surface area contributed by atoms with Gasteiger partial charge in [-0.3, -0.25) is 14.7 Å². The van der Waals surface area contributed by atoms with Crippen molar-refractivity contribution in [2.45, 2.75) is 0 Å². The molecule has 0 fully saturated rings. The summed E-state index contributed by atoms with van der Waals surface area (Å²) in [5.41, 5.74) is 3.06. The quantitative estimate of drug-likeness (QED) is 0.403. The third kappa shape index (κ3) is 3.71. The molecular formula is C18H11N7OS2. The zero-order chi connectivity index (χ0) is 19.3. The molecule has 1 N–H and O–H groups in total. The number of carbonyl (C=O) groups is 1. The summed E-state index contributed by atoms with van der Waals surface area (Å²) >= 11 is 2.59. The molecule has 1 amide bonds. The summed E-state index contributed by atoms with van der Waals surface area (Å²) < 4.78 is 1.78. The van der Waals surface area contributed by atoms with Crippen molar-refractivity contribution >= 4 is 39.8 Å². The summed E-state index contributed by atoms with van der Waals surface area (Å²) in [6, 6.07) is 15.3. The van der Waals surface area contributed by atoms with E-state index in [1.165, 1.54) is 34.3 Å². The summed E-state index contributed by atoms with van der Waals surface area (Å²) in [6.07, 6.45) is 3.30. The molecule has 0 radical (unpaired) electrons. The average Bonchev–Trinajstić information content (AvgIpc) is 3.47. The predicted octanol–water partition coefficient (Wildman–Crippen LogP) is 3.39. The molecule has 0 aliphatic carbocycles. The van der Waals surface area contributed by atoms with Gasteiger partial charge in [-0.25, -0.2) is 0 Å². The number of amides is 1. The molecule has 136 valence electrons. The summed E-state index contributed by atoms with van der Waals surface area (Å²) in [5, 5.41) is 29.6. The minimum atomic E-state index is -0.547. The standard InChI is InChI=1S/C18H11N7OS2/c19-10-13(15(26)21-17-23-20-11-27-17)9-14-7-4-8-25(14)18-24-22-16(28-18)12-5-2-1-3-6-12/h1-9,11H,(H,21,23,26)/b13-9-. The van der Waals surface area contributed by atoms with E-state index < -0.39 is 5.91 Å². The van der Waals surface area contributed by atoms with Gasteiger partial charge in [0.1, 0.15) is 22.2 Å². The Hall–Kier alpha value is -3.68. The molecular weight excluding hydrogens is 394 g/mol. The van der Waals surface area contributed by atoms with Crippen molar-refractivity contribution in [2.75, 3.05) is 5.32 Å². The smallest absolute Gasteiger partial charge is 0.268 e. The van der Waals surface area contributed by atoms with E-state index in [0.717, 1.165) is 10.6 Å². The molecule has 4 aromatic rings. The molecule has 3 heterocycles. The van der Waals surface area contributed by atoms with Gasteiger partial charge in [0.05, 0.1) is 0 Å². The normalized spacial score (nSPS) is 11.2. The van der Waals surface area contributed by atoms with Crippen LogP contribution in [0.15, 0.2) is 59.7 Å². The van der Waals surface area contributed by atoms with Crippen LogP contribution in [0.3, 0.4) is 0 Å². The van der Waals surface area contributed by atoms with Crippen LogP contribution in [-0.2, 0) is 4.79 Å². The second kappa shape index (κ2) is 7.91. The van der Waals surface area contributed by atoms with Gasteiger partial charge < -0.3 is 0 Å². The number of hydrogen-bond acceptors (Lipinski definition) is 8. The van der Waals surface area contributed by atoms with Crippen molar-refractivity contribution in [3.05, 3.63) is 65.4 Å². The highest BCUT2D eigenvalue weighted by Gasteiger charge is 2.14. The monoisotopic (exact) mass is 405 g/mol. The van der Waals surface area contributed by atoms with Crippen molar-refractivity contribution in [3.63, 3.8) is 0 Å². The minimum absolute atomic E-state index is 0.0528. The second-order valence-electron chi connectivity index (χ2n) is 5.43. The van der Waals surface area contributed by atoms with E-state index in [0.29, 0.717) is 16.0 Å². The van der Waals surface area contributed by atoms with Crippen LogP contribution in [0.4, 0.5) is 5.13 Å². The Morgan fingerprint density at radius 3 is 2.75 bits per heavy atom. The highest BCUT2D eigenvalue weighted by molar-refractivity contribution is 7.17. The molecule has 0 bridgehead atoms. The van der Waals surface area contributed by atoms with E-state index in [2.05, 4.69) is 25.7 Å². The molecule has 0 aliphatic heterocycles. The molecule has 0 saturated heterocycles. The fourth-order valence-electron chi connectivity index (χ4n) is 2.38. The topological polar surface area (TPSA) is 109 Å². The third-order valence-corrected chi connectivity index (χ3v) is 5.24.